The van der Waals surface area contributed by atoms with E-state index in [1.165, 1.54) is 128 Å². The van der Waals surface area contributed by atoms with Gasteiger partial charge in [0.05, 0.1) is 17.9 Å². The molecule has 2 unspecified atom stereocenters. The van der Waals surface area contributed by atoms with Crippen LogP contribution in [0.3, 0.4) is 0 Å². The molecule has 0 aliphatic heterocycles. The van der Waals surface area contributed by atoms with Gasteiger partial charge in [0.15, 0.2) is 0 Å². The third-order valence-electron chi connectivity index (χ3n) is 8.21. The summed E-state index contributed by atoms with van der Waals surface area (Å²) >= 11 is 0. The Labute approximate surface area is 261 Å². The molecule has 42 heavy (non-hydrogen) atoms. The summed E-state index contributed by atoms with van der Waals surface area (Å²) in [4.78, 5) is 12.4. The van der Waals surface area contributed by atoms with E-state index in [4.69, 9.17) is 0 Å². The molecule has 0 aromatic rings. The van der Waals surface area contributed by atoms with Crippen molar-refractivity contribution in [3.8, 4) is 0 Å². The number of aliphatic hydroxyl groups is 1. The minimum atomic E-state index is -4.33. The third kappa shape index (κ3) is 30.5. The Hall–Kier alpha value is -0.920. The van der Waals surface area contributed by atoms with Crippen LogP contribution in [-0.2, 0) is 14.9 Å². The van der Waals surface area contributed by atoms with E-state index in [1.54, 1.807) is 6.08 Å². The number of carbonyl (C=O) groups is 1. The zero-order valence-corrected chi connectivity index (χ0v) is 28.5. The Morgan fingerprint density at radius 1 is 0.619 bits per heavy atom. The largest absolute Gasteiger partial charge is 0.387 e. The molecule has 0 aromatic heterocycles. The Bertz CT molecular complexity index is 725. The second kappa shape index (κ2) is 30.1. The van der Waals surface area contributed by atoms with Crippen molar-refractivity contribution in [2.45, 2.75) is 199 Å². The third-order valence-corrected chi connectivity index (χ3v) is 8.99. The highest BCUT2D eigenvalue weighted by Crippen LogP contribution is 2.15. The van der Waals surface area contributed by atoms with Gasteiger partial charge in [-0.15, -0.1) is 0 Å². The van der Waals surface area contributed by atoms with Gasteiger partial charge in [0.25, 0.3) is 10.1 Å². The first-order chi connectivity index (χ1) is 20.3. The molecule has 0 fully saturated rings. The van der Waals surface area contributed by atoms with Gasteiger partial charge in [-0.3, -0.25) is 9.35 Å². The number of unbranched alkanes of at least 4 members (excludes halogenated alkanes) is 24. The molecule has 0 radical (unpaired) electrons. The van der Waals surface area contributed by atoms with Gasteiger partial charge in [0, 0.05) is 6.42 Å². The Morgan fingerprint density at radius 3 is 1.36 bits per heavy atom. The second-order valence-corrected chi connectivity index (χ2v) is 14.0. The molecule has 6 nitrogen and oxygen atoms in total. The van der Waals surface area contributed by atoms with E-state index in [9.17, 15) is 22.9 Å². The number of allylic oxidation sites excluding steroid dienone is 1. The quantitative estimate of drug-likeness (QED) is 0.0397. The van der Waals surface area contributed by atoms with Crippen molar-refractivity contribution < 1.29 is 22.9 Å². The number of aliphatic hydroxyl groups excluding tert-OH is 1. The minimum absolute atomic E-state index is 0.278. The van der Waals surface area contributed by atoms with Crippen LogP contribution < -0.4 is 5.32 Å². The molecule has 0 aliphatic carbocycles. The molecule has 0 bridgehead atoms. The van der Waals surface area contributed by atoms with Gasteiger partial charge in [-0.25, -0.2) is 0 Å². The van der Waals surface area contributed by atoms with Crippen LogP contribution in [-0.4, -0.2) is 41.9 Å². The summed E-state index contributed by atoms with van der Waals surface area (Å²) in [7, 11) is -4.33. The van der Waals surface area contributed by atoms with Crippen molar-refractivity contribution in [3.63, 3.8) is 0 Å². The predicted molar refractivity (Wildman–Crippen MR) is 180 cm³/mol. The fourth-order valence-corrected chi connectivity index (χ4v) is 6.24. The lowest BCUT2D eigenvalue weighted by molar-refractivity contribution is -0.122. The maximum absolute atomic E-state index is 12.4. The smallest absolute Gasteiger partial charge is 0.267 e. The first kappa shape index (κ1) is 41.1. The van der Waals surface area contributed by atoms with Crippen molar-refractivity contribution in [1.82, 2.24) is 5.32 Å². The van der Waals surface area contributed by atoms with Crippen LogP contribution >= 0.6 is 0 Å². The van der Waals surface area contributed by atoms with E-state index in [2.05, 4.69) is 19.2 Å². The van der Waals surface area contributed by atoms with Crippen molar-refractivity contribution >= 4 is 16.0 Å². The molecule has 7 heteroatoms. The van der Waals surface area contributed by atoms with Gasteiger partial charge in [0.2, 0.25) is 5.91 Å². The minimum Gasteiger partial charge on any atom is -0.387 e. The molecular formula is C35H69NO5S. The topological polar surface area (TPSA) is 104 Å². The first-order valence-corrected chi connectivity index (χ1v) is 19.5. The lowest BCUT2D eigenvalue weighted by Gasteiger charge is -2.21. The molecule has 0 rings (SSSR count). The molecular weight excluding hydrogens is 546 g/mol. The Balaban J connectivity index is 3.91. The van der Waals surface area contributed by atoms with Gasteiger partial charge >= 0.3 is 0 Å². The fourth-order valence-electron chi connectivity index (χ4n) is 5.51. The molecule has 2 atom stereocenters. The van der Waals surface area contributed by atoms with Gasteiger partial charge in [0.1, 0.15) is 0 Å². The maximum atomic E-state index is 12.4. The lowest BCUT2D eigenvalue weighted by atomic mass is 10.0. The van der Waals surface area contributed by atoms with Crippen LogP contribution in [0.4, 0.5) is 0 Å². The molecule has 0 aliphatic rings. The fraction of sp³-hybridized carbons (Fsp3) is 0.914. The average molecular weight is 616 g/mol. The summed E-state index contributed by atoms with van der Waals surface area (Å²) < 4.78 is 32.2. The zero-order valence-electron chi connectivity index (χ0n) is 27.6. The zero-order chi connectivity index (χ0) is 31.2. The second-order valence-electron chi connectivity index (χ2n) is 12.5. The highest BCUT2D eigenvalue weighted by molar-refractivity contribution is 7.85. The first-order valence-electron chi connectivity index (χ1n) is 17.9. The summed E-state index contributed by atoms with van der Waals surface area (Å²) in [5.41, 5.74) is 0. The highest BCUT2D eigenvalue weighted by Gasteiger charge is 2.24. The van der Waals surface area contributed by atoms with Crippen molar-refractivity contribution in [2.75, 3.05) is 5.75 Å². The number of amides is 1. The molecule has 1 amide bonds. The van der Waals surface area contributed by atoms with Crippen LogP contribution in [0.15, 0.2) is 12.2 Å². The van der Waals surface area contributed by atoms with Gasteiger partial charge < -0.3 is 10.4 Å². The molecule has 0 spiro atoms. The van der Waals surface area contributed by atoms with E-state index in [0.717, 1.165) is 38.5 Å². The van der Waals surface area contributed by atoms with E-state index in [1.807, 2.05) is 6.08 Å². The average Bonchev–Trinajstić information content (AvgIpc) is 2.94. The Kier molecular flexibility index (Phi) is 29.5. The van der Waals surface area contributed by atoms with Crippen LogP contribution in [0, 0.1) is 0 Å². The van der Waals surface area contributed by atoms with Gasteiger partial charge in [-0.2, -0.15) is 8.42 Å². The standard InChI is InChI=1S/C35H69NO5S/c1-3-5-7-9-11-13-15-16-17-18-19-20-21-23-25-27-29-31-35(38)36-33(32-42(39,40)41)34(37)30-28-26-24-22-14-12-10-8-6-4-2/h28,30,33-34,37H,3-27,29,31-32H2,1-2H3,(H,36,38)(H,39,40,41)/b30-28+. The summed E-state index contributed by atoms with van der Waals surface area (Å²) in [6.45, 7) is 4.48. The van der Waals surface area contributed by atoms with Crippen LogP contribution in [0.25, 0.3) is 0 Å². The van der Waals surface area contributed by atoms with Crippen LogP contribution in [0.1, 0.15) is 187 Å². The van der Waals surface area contributed by atoms with Gasteiger partial charge in [-0.05, 0) is 19.3 Å². The molecule has 250 valence electrons. The lowest BCUT2D eigenvalue weighted by Crippen LogP contribution is -2.46. The van der Waals surface area contributed by atoms with Crippen molar-refractivity contribution in [1.29, 1.82) is 0 Å². The number of hydrogen-bond donors (Lipinski definition) is 3. The summed E-state index contributed by atoms with van der Waals surface area (Å²) in [5, 5.41) is 13.1. The predicted octanol–water partition coefficient (Wildman–Crippen LogP) is 9.85. The van der Waals surface area contributed by atoms with E-state index in [0.29, 0.717) is 6.42 Å². The maximum Gasteiger partial charge on any atom is 0.267 e. The number of carbonyl (C=O) groups excluding carboxylic acids is 1. The van der Waals surface area contributed by atoms with Crippen LogP contribution in [0.2, 0.25) is 0 Å². The SMILES string of the molecule is CCCCCCCCCC/C=C/C(O)C(CS(=O)(=O)O)NC(=O)CCCCCCCCCCCCCCCCCCC. The highest BCUT2D eigenvalue weighted by atomic mass is 32.2. The van der Waals surface area contributed by atoms with Crippen molar-refractivity contribution in [2.24, 2.45) is 0 Å². The summed E-state index contributed by atoms with van der Waals surface area (Å²) in [6, 6.07) is -1.05. The van der Waals surface area contributed by atoms with Gasteiger partial charge in [-0.1, -0.05) is 174 Å². The monoisotopic (exact) mass is 615 g/mol. The van der Waals surface area contributed by atoms with E-state index in [-0.39, 0.29) is 5.91 Å². The number of hydrogen-bond acceptors (Lipinski definition) is 4. The molecule has 0 aromatic carbocycles. The summed E-state index contributed by atoms with van der Waals surface area (Å²) in [6.07, 6.45) is 34.8. The molecule has 0 heterocycles. The number of nitrogens with one attached hydrogen (secondary N) is 1. The van der Waals surface area contributed by atoms with Crippen LogP contribution in [0.5, 0.6) is 0 Å². The number of rotatable bonds is 32. The Morgan fingerprint density at radius 2 is 0.976 bits per heavy atom. The van der Waals surface area contributed by atoms with E-state index >= 15 is 0 Å². The van der Waals surface area contributed by atoms with Crippen molar-refractivity contribution in [3.05, 3.63) is 12.2 Å². The van der Waals surface area contributed by atoms with E-state index < -0.39 is 28.0 Å². The normalized spacial score (nSPS) is 13.5. The molecule has 0 saturated heterocycles. The molecule has 3 N–H and O–H groups in total. The summed E-state index contributed by atoms with van der Waals surface area (Å²) in [5.74, 6) is -0.971. The molecule has 0 saturated carbocycles.